The van der Waals surface area contributed by atoms with E-state index in [9.17, 15) is 0 Å². The summed E-state index contributed by atoms with van der Waals surface area (Å²) < 4.78 is 0. The molecule has 1 aliphatic rings. The highest BCUT2D eigenvalue weighted by atomic mass is 28.3. The third-order valence-corrected chi connectivity index (χ3v) is 14.6. The van der Waals surface area contributed by atoms with E-state index >= 15 is 0 Å². The Bertz CT molecular complexity index is 3210. The fraction of sp³-hybridized carbons (Fsp3) is 0.0702. The number of hydrogen-bond acceptors (Lipinski definition) is 3. The van der Waals surface area contributed by atoms with Crippen molar-refractivity contribution in [3.05, 3.63) is 229 Å². The van der Waals surface area contributed by atoms with Crippen LogP contribution < -0.4 is 5.19 Å². The first-order valence-corrected chi connectivity index (χ1v) is 24.6. The summed E-state index contributed by atoms with van der Waals surface area (Å²) in [5.74, 6) is 1.99. The molecule has 0 spiro atoms. The van der Waals surface area contributed by atoms with Gasteiger partial charge in [0.1, 0.15) is 0 Å². The summed E-state index contributed by atoms with van der Waals surface area (Å²) in [5, 5.41) is 6.51. The van der Waals surface area contributed by atoms with Crippen molar-refractivity contribution >= 4 is 34.8 Å². The van der Waals surface area contributed by atoms with E-state index in [-0.39, 0.29) is 0 Å². The fourth-order valence-electron chi connectivity index (χ4n) is 9.63. The van der Waals surface area contributed by atoms with Crippen LogP contribution in [0.4, 0.5) is 0 Å². The largest absolute Gasteiger partial charge is 0.208 e. The molecule has 1 aromatic heterocycles. The molecule has 0 fully saturated rings. The van der Waals surface area contributed by atoms with E-state index in [1.165, 1.54) is 60.1 Å². The maximum absolute atomic E-state index is 5.08. The molecule has 0 bridgehead atoms. The molecule has 0 N–H and O–H groups in total. The normalized spacial score (nSPS) is 13.0. The molecule has 4 heteroatoms. The van der Waals surface area contributed by atoms with E-state index in [0.29, 0.717) is 17.5 Å². The summed E-state index contributed by atoms with van der Waals surface area (Å²) in [5.41, 5.74) is 12.4. The van der Waals surface area contributed by atoms with Gasteiger partial charge >= 0.3 is 0 Å². The van der Waals surface area contributed by atoms with E-state index in [1.807, 2.05) is 18.2 Å². The predicted molar refractivity (Wildman–Crippen MR) is 257 cm³/mol. The van der Waals surface area contributed by atoms with Gasteiger partial charge in [0.15, 0.2) is 17.5 Å². The van der Waals surface area contributed by atoms with Gasteiger partial charge in [0.05, 0.1) is 13.5 Å². The Labute approximate surface area is 358 Å². The lowest BCUT2D eigenvalue weighted by atomic mass is 9.66. The minimum Gasteiger partial charge on any atom is -0.208 e. The summed E-state index contributed by atoms with van der Waals surface area (Å²) >= 11 is 0. The van der Waals surface area contributed by atoms with Crippen LogP contribution in [0.2, 0.25) is 19.6 Å². The van der Waals surface area contributed by atoms with Crippen molar-refractivity contribution in [1.29, 1.82) is 0 Å². The van der Waals surface area contributed by atoms with E-state index in [0.717, 1.165) is 27.8 Å². The lowest BCUT2D eigenvalue weighted by Gasteiger charge is -2.35. The Morgan fingerprint density at radius 3 is 1.31 bits per heavy atom. The van der Waals surface area contributed by atoms with Crippen molar-refractivity contribution in [3.63, 3.8) is 0 Å². The lowest BCUT2D eigenvalue weighted by molar-refractivity contribution is 0.776. The molecule has 0 amide bonds. The monoisotopic (exact) mass is 797 g/mol. The number of nitrogens with zero attached hydrogens (tertiary/aromatic N) is 3. The third-order valence-electron chi connectivity index (χ3n) is 12.6. The van der Waals surface area contributed by atoms with Gasteiger partial charge in [0.25, 0.3) is 0 Å². The van der Waals surface area contributed by atoms with Gasteiger partial charge < -0.3 is 0 Å². The molecular formula is C57H43N3Si. The van der Waals surface area contributed by atoms with Gasteiger partial charge in [-0.15, -0.1) is 0 Å². The second kappa shape index (κ2) is 14.5. The fourth-order valence-corrected chi connectivity index (χ4v) is 10.8. The smallest absolute Gasteiger partial charge is 0.164 e. The highest BCUT2D eigenvalue weighted by Crippen LogP contribution is 2.60. The lowest BCUT2D eigenvalue weighted by Crippen LogP contribution is -2.37. The third kappa shape index (κ3) is 6.05. The van der Waals surface area contributed by atoms with E-state index in [1.54, 1.807) is 0 Å². The van der Waals surface area contributed by atoms with E-state index in [4.69, 9.17) is 15.0 Å². The molecular weight excluding hydrogens is 755 g/mol. The summed E-state index contributed by atoms with van der Waals surface area (Å²) in [4.78, 5) is 15.1. The Hall–Kier alpha value is -7.27. The quantitative estimate of drug-likeness (QED) is 0.119. The average molecular weight is 798 g/mol. The first-order valence-electron chi connectivity index (χ1n) is 21.1. The number of hydrogen-bond donors (Lipinski definition) is 0. The molecule has 0 radical (unpaired) electrons. The number of fused-ring (bicyclic) bond motifs is 8. The van der Waals surface area contributed by atoms with Gasteiger partial charge in [0.2, 0.25) is 0 Å². The molecule has 61 heavy (non-hydrogen) atoms. The summed E-state index contributed by atoms with van der Waals surface area (Å²) in [7, 11) is -1.46. The Morgan fingerprint density at radius 2 is 0.770 bits per heavy atom. The Balaban J connectivity index is 1.08. The minimum absolute atomic E-state index is 0.527. The molecule has 0 saturated carbocycles. The molecule has 11 rings (SSSR count). The van der Waals surface area contributed by atoms with E-state index < -0.39 is 13.5 Å². The van der Waals surface area contributed by atoms with Crippen molar-refractivity contribution in [1.82, 2.24) is 15.0 Å². The Kier molecular flexibility index (Phi) is 8.73. The van der Waals surface area contributed by atoms with Crippen molar-refractivity contribution in [3.8, 4) is 56.4 Å². The molecule has 10 aromatic rings. The standard InChI is InChI=1S/C57H43N3Si/c1-61(2,3)45-34-31-41(32-35-45)56-59-54(39-17-7-4-8-18-39)58-55(60-56)40-29-27-38(28-30-40)42-33-36-51-50(37-42)52-48-25-15-13-23-46(48)47-24-14-16-26-49(47)53(52)57(51,43-19-9-5-10-20-43)44-21-11-6-12-22-44/h4-37H,1-3H3. The second-order valence-electron chi connectivity index (χ2n) is 17.2. The molecule has 3 nitrogen and oxygen atoms in total. The van der Waals surface area contributed by atoms with Crippen LogP contribution in [0, 0.1) is 0 Å². The van der Waals surface area contributed by atoms with Gasteiger partial charge in [-0.3, -0.25) is 0 Å². The van der Waals surface area contributed by atoms with Crippen LogP contribution >= 0.6 is 0 Å². The van der Waals surface area contributed by atoms with E-state index in [2.05, 4.69) is 208 Å². The molecule has 0 aliphatic heterocycles. The molecule has 0 saturated heterocycles. The van der Waals surface area contributed by atoms with Gasteiger partial charge in [-0.1, -0.05) is 225 Å². The highest BCUT2D eigenvalue weighted by Gasteiger charge is 2.48. The van der Waals surface area contributed by atoms with Crippen molar-refractivity contribution < 1.29 is 0 Å². The molecule has 290 valence electrons. The van der Waals surface area contributed by atoms with Crippen molar-refractivity contribution in [2.45, 2.75) is 25.1 Å². The first-order chi connectivity index (χ1) is 29.9. The highest BCUT2D eigenvalue weighted by molar-refractivity contribution is 6.88. The summed E-state index contributed by atoms with van der Waals surface area (Å²) in [6, 6.07) is 74.9. The summed E-state index contributed by atoms with van der Waals surface area (Å²) in [6.45, 7) is 7.11. The SMILES string of the molecule is C[Si](C)(C)c1ccc(-c2nc(-c3ccccc3)nc(-c3ccc(-c4ccc5c(c4)-c4c(c6ccccc6c6ccccc46)C5(c4ccccc4)c4ccccc4)cc3)n2)cc1. The molecule has 0 unspecified atom stereocenters. The number of rotatable bonds is 7. The first kappa shape index (κ1) is 36.8. The van der Waals surface area contributed by atoms with Gasteiger partial charge in [-0.05, 0) is 72.1 Å². The van der Waals surface area contributed by atoms with Crippen LogP contribution in [0.5, 0.6) is 0 Å². The zero-order valence-electron chi connectivity index (χ0n) is 34.5. The number of aromatic nitrogens is 3. The maximum Gasteiger partial charge on any atom is 0.164 e. The van der Waals surface area contributed by atoms with Crippen LogP contribution in [0.1, 0.15) is 22.3 Å². The minimum atomic E-state index is -1.46. The zero-order chi connectivity index (χ0) is 41.1. The van der Waals surface area contributed by atoms with Crippen LogP contribution in [0.3, 0.4) is 0 Å². The second-order valence-corrected chi connectivity index (χ2v) is 22.2. The van der Waals surface area contributed by atoms with Crippen LogP contribution in [0.15, 0.2) is 206 Å². The van der Waals surface area contributed by atoms with Crippen molar-refractivity contribution in [2.75, 3.05) is 0 Å². The molecule has 0 atom stereocenters. The van der Waals surface area contributed by atoms with Crippen LogP contribution in [0.25, 0.3) is 78.0 Å². The van der Waals surface area contributed by atoms with Crippen LogP contribution in [-0.2, 0) is 5.41 Å². The average Bonchev–Trinajstić information content (AvgIpc) is 3.64. The topological polar surface area (TPSA) is 38.7 Å². The predicted octanol–water partition coefficient (Wildman–Crippen LogP) is 13.8. The zero-order valence-corrected chi connectivity index (χ0v) is 35.5. The van der Waals surface area contributed by atoms with Gasteiger partial charge in [-0.25, -0.2) is 15.0 Å². The molecule has 1 aliphatic carbocycles. The van der Waals surface area contributed by atoms with Crippen LogP contribution in [-0.4, -0.2) is 23.0 Å². The molecule has 9 aromatic carbocycles. The van der Waals surface area contributed by atoms with Gasteiger partial charge in [-0.2, -0.15) is 0 Å². The Morgan fingerprint density at radius 1 is 0.361 bits per heavy atom. The molecule has 1 heterocycles. The maximum atomic E-state index is 5.08. The summed E-state index contributed by atoms with van der Waals surface area (Å²) in [6.07, 6.45) is 0. The van der Waals surface area contributed by atoms with Gasteiger partial charge in [0, 0.05) is 16.7 Å². The number of benzene rings is 9. The van der Waals surface area contributed by atoms with Crippen molar-refractivity contribution in [2.24, 2.45) is 0 Å².